The van der Waals surface area contributed by atoms with Crippen molar-refractivity contribution in [1.82, 2.24) is 5.32 Å². The Hall–Kier alpha value is -0.620. The molecule has 21 heavy (non-hydrogen) atoms. The van der Waals surface area contributed by atoms with E-state index >= 15 is 0 Å². The number of amides is 1. The smallest absolute Gasteiger partial charge is 0.241 e. The van der Waals surface area contributed by atoms with Gasteiger partial charge in [0.25, 0.3) is 0 Å². The fourth-order valence-corrected chi connectivity index (χ4v) is 3.84. The normalized spacial score (nSPS) is 28.8. The van der Waals surface area contributed by atoms with Gasteiger partial charge in [0.1, 0.15) is 5.54 Å². The minimum atomic E-state index is -0.887. The van der Waals surface area contributed by atoms with Crippen molar-refractivity contribution in [3.63, 3.8) is 0 Å². The minimum absolute atomic E-state index is 0.0322. The molecule has 1 saturated carbocycles. The topological polar surface area (TPSA) is 64.3 Å². The van der Waals surface area contributed by atoms with Gasteiger partial charge in [-0.25, -0.2) is 0 Å². The van der Waals surface area contributed by atoms with Crippen molar-refractivity contribution >= 4 is 28.8 Å². The van der Waals surface area contributed by atoms with Gasteiger partial charge in [0, 0.05) is 23.3 Å². The average Bonchev–Trinajstić information content (AvgIpc) is 2.84. The first-order valence-corrected chi connectivity index (χ1v) is 8.38. The second kappa shape index (κ2) is 5.88. The molecule has 2 rings (SSSR count). The van der Waals surface area contributed by atoms with Crippen LogP contribution in [0.4, 0.5) is 0 Å². The molecule has 1 aliphatic carbocycles. The van der Waals surface area contributed by atoms with E-state index in [0.29, 0.717) is 17.4 Å². The number of ether oxygens (including phenoxy) is 1. The Labute approximate surface area is 135 Å². The fraction of sp³-hybridized carbons (Fsp3) is 0.667. The molecule has 1 fully saturated rings. The molecule has 1 aromatic heterocycles. The molecular formula is C15H23ClN2O2S. The van der Waals surface area contributed by atoms with E-state index in [2.05, 4.69) is 5.32 Å². The van der Waals surface area contributed by atoms with Gasteiger partial charge in [-0.1, -0.05) is 25.4 Å². The van der Waals surface area contributed by atoms with Gasteiger partial charge in [0.05, 0.1) is 16.5 Å². The number of nitrogens with one attached hydrogen (secondary N) is 1. The Morgan fingerprint density at radius 1 is 1.62 bits per heavy atom. The van der Waals surface area contributed by atoms with Crippen LogP contribution in [0.5, 0.6) is 0 Å². The lowest BCUT2D eigenvalue weighted by Crippen LogP contribution is -2.75. The third-order valence-corrected chi connectivity index (χ3v) is 6.02. The second-order valence-electron chi connectivity index (χ2n) is 6.18. The zero-order chi connectivity index (χ0) is 15.8. The minimum Gasteiger partial charge on any atom is -0.378 e. The molecule has 6 heteroatoms. The maximum Gasteiger partial charge on any atom is 0.241 e. The van der Waals surface area contributed by atoms with E-state index in [4.69, 9.17) is 22.1 Å². The lowest BCUT2D eigenvalue weighted by atomic mass is 9.54. The molecule has 0 aliphatic heterocycles. The highest BCUT2D eigenvalue weighted by Gasteiger charge is 2.62. The summed E-state index contributed by atoms with van der Waals surface area (Å²) in [5.74, 6) is -0.125. The van der Waals surface area contributed by atoms with Gasteiger partial charge in [-0.05, 0) is 26.0 Å². The highest BCUT2D eigenvalue weighted by molar-refractivity contribution is 7.16. The second-order valence-corrected chi connectivity index (χ2v) is 7.92. The Morgan fingerprint density at radius 2 is 2.29 bits per heavy atom. The molecule has 3 N–H and O–H groups in total. The molecular weight excluding hydrogens is 308 g/mol. The molecule has 1 aromatic rings. The molecule has 0 aromatic carbocycles. The highest BCUT2D eigenvalue weighted by Crippen LogP contribution is 2.50. The summed E-state index contributed by atoms with van der Waals surface area (Å²) in [6.45, 7) is 8.51. The van der Waals surface area contributed by atoms with E-state index in [-0.39, 0.29) is 23.5 Å². The van der Waals surface area contributed by atoms with Crippen molar-refractivity contribution in [1.29, 1.82) is 0 Å². The van der Waals surface area contributed by atoms with Crippen molar-refractivity contribution in [3.05, 3.63) is 21.3 Å². The summed E-state index contributed by atoms with van der Waals surface area (Å²) < 4.78 is 6.37. The molecule has 118 valence electrons. The molecule has 1 aliphatic rings. The molecule has 1 heterocycles. The lowest BCUT2D eigenvalue weighted by molar-refractivity contribution is -0.171. The summed E-state index contributed by atoms with van der Waals surface area (Å²) in [5.41, 5.74) is 5.10. The van der Waals surface area contributed by atoms with Gasteiger partial charge >= 0.3 is 0 Å². The molecule has 0 saturated heterocycles. The van der Waals surface area contributed by atoms with Gasteiger partial charge in [-0.15, -0.1) is 11.3 Å². The van der Waals surface area contributed by atoms with Crippen molar-refractivity contribution in [2.45, 2.75) is 51.8 Å². The summed E-state index contributed by atoms with van der Waals surface area (Å²) in [6.07, 6.45) is 0.585. The molecule has 4 nitrogen and oxygen atoms in total. The van der Waals surface area contributed by atoms with Crippen molar-refractivity contribution in [2.24, 2.45) is 11.1 Å². The van der Waals surface area contributed by atoms with E-state index in [1.54, 1.807) is 0 Å². The standard InChI is InChI=1S/C15H23ClN2O2S/c1-5-20-11-8-15(17,14(11,3)4)13(19)18-9(2)10-6-7-12(16)21-10/h6-7,9,11H,5,8,17H2,1-4H3,(H,18,19). The number of carbonyl (C=O) groups excluding carboxylic acids is 1. The van der Waals surface area contributed by atoms with E-state index in [1.165, 1.54) is 11.3 Å². The van der Waals surface area contributed by atoms with Gasteiger partial charge in [-0.2, -0.15) is 0 Å². The van der Waals surface area contributed by atoms with E-state index in [9.17, 15) is 4.79 Å². The first-order chi connectivity index (χ1) is 9.72. The zero-order valence-electron chi connectivity index (χ0n) is 12.9. The summed E-state index contributed by atoms with van der Waals surface area (Å²) in [7, 11) is 0. The maximum absolute atomic E-state index is 12.6. The number of thiophene rings is 1. The number of rotatable bonds is 5. The fourth-order valence-electron chi connectivity index (χ4n) is 2.78. The van der Waals surface area contributed by atoms with Crippen LogP contribution in [0.1, 0.15) is 45.0 Å². The van der Waals surface area contributed by atoms with Crippen molar-refractivity contribution < 1.29 is 9.53 Å². The first kappa shape index (κ1) is 16.7. The van der Waals surface area contributed by atoms with Crippen LogP contribution in [0, 0.1) is 5.41 Å². The Balaban J connectivity index is 2.04. The van der Waals surface area contributed by atoms with Gasteiger partial charge in [0.2, 0.25) is 5.91 Å². The van der Waals surface area contributed by atoms with Crippen LogP contribution >= 0.6 is 22.9 Å². The number of carbonyl (C=O) groups is 1. The Bertz CT molecular complexity index is 531. The summed E-state index contributed by atoms with van der Waals surface area (Å²) in [5, 5.41) is 3.00. The first-order valence-electron chi connectivity index (χ1n) is 7.19. The monoisotopic (exact) mass is 330 g/mol. The summed E-state index contributed by atoms with van der Waals surface area (Å²) in [4.78, 5) is 13.6. The zero-order valence-corrected chi connectivity index (χ0v) is 14.5. The average molecular weight is 331 g/mol. The van der Waals surface area contributed by atoms with Crippen LogP contribution in [-0.2, 0) is 9.53 Å². The summed E-state index contributed by atoms with van der Waals surface area (Å²) >= 11 is 7.40. The highest BCUT2D eigenvalue weighted by atomic mass is 35.5. The quantitative estimate of drug-likeness (QED) is 0.871. The molecule has 0 radical (unpaired) electrons. The molecule has 0 bridgehead atoms. The molecule has 1 amide bonds. The molecule has 3 atom stereocenters. The largest absolute Gasteiger partial charge is 0.378 e. The third kappa shape index (κ3) is 2.84. The number of nitrogens with two attached hydrogens (primary N) is 1. The van der Waals surface area contributed by atoms with Gasteiger partial charge < -0.3 is 15.8 Å². The lowest BCUT2D eigenvalue weighted by Gasteiger charge is -2.57. The Morgan fingerprint density at radius 3 is 2.76 bits per heavy atom. The van der Waals surface area contributed by atoms with Crippen LogP contribution in [0.3, 0.4) is 0 Å². The predicted octanol–water partition coefficient (Wildman–Crippen LogP) is 3.11. The van der Waals surface area contributed by atoms with Crippen LogP contribution in [0.15, 0.2) is 12.1 Å². The van der Waals surface area contributed by atoms with Gasteiger partial charge in [0.15, 0.2) is 0 Å². The van der Waals surface area contributed by atoms with Crippen LogP contribution in [-0.4, -0.2) is 24.2 Å². The van der Waals surface area contributed by atoms with Crippen LogP contribution in [0.25, 0.3) is 0 Å². The number of hydrogen-bond acceptors (Lipinski definition) is 4. The molecule has 3 unspecified atom stereocenters. The van der Waals surface area contributed by atoms with Crippen molar-refractivity contribution in [2.75, 3.05) is 6.61 Å². The van der Waals surface area contributed by atoms with E-state index in [1.807, 2.05) is 39.8 Å². The number of hydrogen-bond donors (Lipinski definition) is 2. The summed E-state index contributed by atoms with van der Waals surface area (Å²) in [6, 6.07) is 3.66. The Kier molecular flexibility index (Phi) is 4.69. The molecule has 0 spiro atoms. The van der Waals surface area contributed by atoms with E-state index in [0.717, 1.165) is 4.88 Å². The maximum atomic E-state index is 12.6. The van der Waals surface area contributed by atoms with Gasteiger partial charge in [-0.3, -0.25) is 4.79 Å². The van der Waals surface area contributed by atoms with Crippen LogP contribution in [0.2, 0.25) is 4.34 Å². The van der Waals surface area contributed by atoms with Crippen molar-refractivity contribution in [3.8, 4) is 0 Å². The third-order valence-electron chi connectivity index (χ3n) is 4.60. The number of halogens is 1. The van der Waals surface area contributed by atoms with Crippen LogP contribution < -0.4 is 11.1 Å². The van der Waals surface area contributed by atoms with E-state index < -0.39 is 5.54 Å². The predicted molar refractivity (Wildman–Crippen MR) is 86.6 cm³/mol. The SMILES string of the molecule is CCOC1CC(N)(C(=O)NC(C)c2ccc(Cl)s2)C1(C)C.